The molecule has 0 spiro atoms. The Morgan fingerprint density at radius 2 is 1.05 bits per heavy atom. The van der Waals surface area contributed by atoms with Crippen LogP contribution in [-0.2, 0) is 19.3 Å². The zero-order chi connectivity index (χ0) is 14.9. The van der Waals surface area contributed by atoms with Crippen LogP contribution in [-0.4, -0.2) is 0 Å². The van der Waals surface area contributed by atoms with Crippen LogP contribution in [0, 0.1) is 0 Å². The van der Waals surface area contributed by atoms with Crippen molar-refractivity contribution in [2.75, 3.05) is 0 Å². The number of furan rings is 2. The number of hydrogen-bond donors (Lipinski definition) is 0. The molecule has 0 saturated heterocycles. The minimum absolute atomic E-state index is 0.765. The van der Waals surface area contributed by atoms with Gasteiger partial charge in [0.05, 0.1) is 6.42 Å². The molecule has 0 amide bonds. The quantitative estimate of drug-likeness (QED) is 0.506. The highest BCUT2D eigenvalue weighted by Gasteiger charge is 2.07. The lowest BCUT2D eigenvalue weighted by Gasteiger charge is -1.97. The fourth-order valence-corrected chi connectivity index (χ4v) is 2.57. The van der Waals surface area contributed by atoms with E-state index in [4.69, 9.17) is 8.83 Å². The maximum absolute atomic E-state index is 5.88. The van der Waals surface area contributed by atoms with Gasteiger partial charge in [0.15, 0.2) is 0 Å². The van der Waals surface area contributed by atoms with Crippen molar-refractivity contribution in [3.8, 4) is 0 Å². The molecule has 2 nitrogen and oxygen atoms in total. The Bertz CT molecular complexity index is 461. The average Bonchev–Trinajstić information content (AvgIpc) is 3.10. The van der Waals surface area contributed by atoms with Crippen molar-refractivity contribution < 1.29 is 8.83 Å². The molecule has 0 bridgehead atoms. The normalized spacial score (nSPS) is 11.1. The van der Waals surface area contributed by atoms with E-state index in [0.717, 1.165) is 42.3 Å². The minimum atomic E-state index is 0.765. The first-order chi connectivity index (χ1) is 10.3. The summed E-state index contributed by atoms with van der Waals surface area (Å²) in [5.41, 5.74) is 0. The maximum atomic E-state index is 5.88. The summed E-state index contributed by atoms with van der Waals surface area (Å²) in [6.45, 7) is 4.45. The average molecular weight is 288 g/mol. The Morgan fingerprint density at radius 1 is 0.619 bits per heavy atom. The van der Waals surface area contributed by atoms with Crippen molar-refractivity contribution in [2.45, 2.75) is 71.6 Å². The molecule has 0 aliphatic rings. The Morgan fingerprint density at radius 3 is 1.48 bits per heavy atom. The highest BCUT2D eigenvalue weighted by Crippen LogP contribution is 2.18. The first kappa shape index (κ1) is 15.9. The number of rotatable bonds is 10. The topological polar surface area (TPSA) is 26.3 Å². The molecule has 0 saturated carbocycles. The van der Waals surface area contributed by atoms with Crippen LogP contribution in [0.4, 0.5) is 0 Å². The van der Waals surface area contributed by atoms with Crippen molar-refractivity contribution in [1.29, 1.82) is 0 Å². The molecular formula is C19H28O2. The lowest BCUT2D eigenvalue weighted by atomic mass is 10.2. The molecule has 0 aliphatic heterocycles. The van der Waals surface area contributed by atoms with Crippen molar-refractivity contribution in [3.63, 3.8) is 0 Å². The van der Waals surface area contributed by atoms with Crippen LogP contribution >= 0.6 is 0 Å². The van der Waals surface area contributed by atoms with Crippen molar-refractivity contribution in [3.05, 3.63) is 47.3 Å². The standard InChI is InChI=1S/C19H28O2/c1-3-5-7-9-16-11-13-18(20-16)15-19-14-12-17(21-19)10-8-6-4-2/h11-14H,3-10,15H2,1-2H3. The molecule has 0 aliphatic carbocycles. The summed E-state index contributed by atoms with van der Waals surface area (Å²) in [5.74, 6) is 4.23. The van der Waals surface area contributed by atoms with E-state index in [1.165, 1.54) is 38.5 Å². The third kappa shape index (κ3) is 5.45. The summed E-state index contributed by atoms with van der Waals surface area (Å²) in [7, 11) is 0. The number of aryl methyl sites for hydroxylation is 2. The summed E-state index contributed by atoms with van der Waals surface area (Å²) < 4.78 is 11.8. The first-order valence-corrected chi connectivity index (χ1v) is 8.47. The summed E-state index contributed by atoms with van der Waals surface area (Å²) in [5, 5.41) is 0. The van der Waals surface area contributed by atoms with Gasteiger partial charge in [-0.25, -0.2) is 0 Å². The molecule has 0 N–H and O–H groups in total. The predicted molar refractivity (Wildman–Crippen MR) is 86.7 cm³/mol. The second-order valence-corrected chi connectivity index (χ2v) is 5.83. The molecule has 0 unspecified atom stereocenters. The van der Waals surface area contributed by atoms with Gasteiger partial charge in [0.25, 0.3) is 0 Å². The van der Waals surface area contributed by atoms with Gasteiger partial charge >= 0.3 is 0 Å². The van der Waals surface area contributed by atoms with Gasteiger partial charge in [0, 0.05) is 12.8 Å². The molecule has 2 aromatic heterocycles. The van der Waals surface area contributed by atoms with Crippen molar-refractivity contribution >= 4 is 0 Å². The number of unbranched alkanes of at least 4 members (excludes halogenated alkanes) is 4. The van der Waals surface area contributed by atoms with Gasteiger partial charge in [0.2, 0.25) is 0 Å². The summed E-state index contributed by atoms with van der Waals surface area (Å²) in [6.07, 6.45) is 10.3. The van der Waals surface area contributed by atoms with E-state index in [0.29, 0.717) is 0 Å². The van der Waals surface area contributed by atoms with E-state index < -0.39 is 0 Å². The van der Waals surface area contributed by atoms with E-state index >= 15 is 0 Å². The molecule has 2 aromatic rings. The number of hydrogen-bond acceptors (Lipinski definition) is 2. The maximum Gasteiger partial charge on any atom is 0.111 e. The highest BCUT2D eigenvalue weighted by atomic mass is 16.4. The van der Waals surface area contributed by atoms with Gasteiger partial charge in [-0.2, -0.15) is 0 Å². The summed E-state index contributed by atoms with van der Waals surface area (Å²) in [6, 6.07) is 8.38. The molecule has 21 heavy (non-hydrogen) atoms. The zero-order valence-corrected chi connectivity index (χ0v) is 13.5. The van der Waals surface area contributed by atoms with Gasteiger partial charge in [-0.15, -0.1) is 0 Å². The van der Waals surface area contributed by atoms with E-state index in [1.54, 1.807) is 0 Å². The summed E-state index contributed by atoms with van der Waals surface area (Å²) in [4.78, 5) is 0. The highest BCUT2D eigenvalue weighted by molar-refractivity contribution is 5.16. The van der Waals surface area contributed by atoms with E-state index in [1.807, 2.05) is 0 Å². The molecule has 2 heterocycles. The van der Waals surface area contributed by atoms with Crippen LogP contribution in [0.5, 0.6) is 0 Å². The predicted octanol–water partition coefficient (Wildman–Crippen LogP) is 5.93. The van der Waals surface area contributed by atoms with E-state index in [9.17, 15) is 0 Å². The largest absolute Gasteiger partial charge is 0.466 e. The van der Waals surface area contributed by atoms with E-state index in [-0.39, 0.29) is 0 Å². The van der Waals surface area contributed by atoms with Gasteiger partial charge in [0.1, 0.15) is 23.0 Å². The van der Waals surface area contributed by atoms with Crippen LogP contribution in [0.3, 0.4) is 0 Å². The van der Waals surface area contributed by atoms with E-state index in [2.05, 4.69) is 38.1 Å². The molecule has 2 heteroatoms. The van der Waals surface area contributed by atoms with Gasteiger partial charge in [-0.05, 0) is 37.1 Å². The van der Waals surface area contributed by atoms with Gasteiger partial charge in [-0.3, -0.25) is 0 Å². The van der Waals surface area contributed by atoms with Crippen molar-refractivity contribution in [1.82, 2.24) is 0 Å². The SMILES string of the molecule is CCCCCc1ccc(Cc2ccc(CCCCC)o2)o1. The van der Waals surface area contributed by atoms with Crippen LogP contribution in [0.2, 0.25) is 0 Å². The van der Waals surface area contributed by atoms with Crippen LogP contribution < -0.4 is 0 Å². The van der Waals surface area contributed by atoms with Crippen LogP contribution in [0.25, 0.3) is 0 Å². The molecular weight excluding hydrogens is 260 g/mol. The minimum Gasteiger partial charge on any atom is -0.466 e. The lowest BCUT2D eigenvalue weighted by Crippen LogP contribution is -1.84. The van der Waals surface area contributed by atoms with Crippen LogP contribution in [0.1, 0.15) is 75.4 Å². The fraction of sp³-hybridized carbons (Fsp3) is 0.579. The van der Waals surface area contributed by atoms with Crippen LogP contribution in [0.15, 0.2) is 33.1 Å². The molecule has 0 aromatic carbocycles. The smallest absolute Gasteiger partial charge is 0.111 e. The molecule has 0 fully saturated rings. The Hall–Kier alpha value is -1.44. The Labute approximate surface area is 128 Å². The Kier molecular flexibility index (Phi) is 6.65. The Balaban J connectivity index is 1.81. The third-order valence-electron chi connectivity index (χ3n) is 3.84. The zero-order valence-electron chi connectivity index (χ0n) is 13.5. The molecule has 0 radical (unpaired) electrons. The van der Waals surface area contributed by atoms with Gasteiger partial charge < -0.3 is 8.83 Å². The second kappa shape index (κ2) is 8.76. The molecule has 0 atom stereocenters. The fourth-order valence-electron chi connectivity index (χ4n) is 2.57. The summed E-state index contributed by atoms with van der Waals surface area (Å²) >= 11 is 0. The first-order valence-electron chi connectivity index (χ1n) is 8.47. The molecule has 116 valence electrons. The van der Waals surface area contributed by atoms with Gasteiger partial charge in [-0.1, -0.05) is 39.5 Å². The van der Waals surface area contributed by atoms with Crippen molar-refractivity contribution in [2.24, 2.45) is 0 Å². The monoisotopic (exact) mass is 288 g/mol. The second-order valence-electron chi connectivity index (χ2n) is 5.83. The third-order valence-corrected chi connectivity index (χ3v) is 3.84. The molecule has 2 rings (SSSR count). The lowest BCUT2D eigenvalue weighted by molar-refractivity contribution is 0.428.